The zero-order valence-electron chi connectivity index (χ0n) is 11.2. The third-order valence-electron chi connectivity index (χ3n) is 2.70. The molecule has 0 aliphatic heterocycles. The van der Waals surface area contributed by atoms with Crippen LogP contribution in [0.1, 0.15) is 18.1 Å². The lowest BCUT2D eigenvalue weighted by Gasteiger charge is -2.19. The van der Waals surface area contributed by atoms with E-state index in [0.717, 1.165) is 11.1 Å². The Hall–Kier alpha value is -1.82. The van der Waals surface area contributed by atoms with E-state index in [1.807, 2.05) is 19.1 Å². The van der Waals surface area contributed by atoms with E-state index < -0.39 is 24.7 Å². The van der Waals surface area contributed by atoms with E-state index >= 15 is 0 Å². The van der Waals surface area contributed by atoms with Crippen LogP contribution < -0.4 is 5.32 Å². The Morgan fingerprint density at radius 1 is 1.35 bits per heavy atom. The molecule has 0 heterocycles. The lowest BCUT2D eigenvalue weighted by atomic mass is 10.1. The van der Waals surface area contributed by atoms with Crippen LogP contribution in [0.5, 0.6) is 0 Å². The second-order valence-electron chi connectivity index (χ2n) is 4.49. The summed E-state index contributed by atoms with van der Waals surface area (Å²) in [6.07, 6.45) is -3.19. The van der Waals surface area contributed by atoms with Crippen LogP contribution in [0.15, 0.2) is 29.8 Å². The number of hydrogen-bond acceptors (Lipinski definition) is 2. The number of benzene rings is 1. The Labute approximate surface area is 115 Å². The minimum absolute atomic E-state index is 0.136. The number of aryl methyl sites for hydroxylation is 1. The predicted molar refractivity (Wildman–Crippen MR) is 69.9 cm³/mol. The van der Waals surface area contributed by atoms with Gasteiger partial charge in [-0.1, -0.05) is 29.8 Å². The van der Waals surface area contributed by atoms with Crippen molar-refractivity contribution in [2.45, 2.75) is 26.1 Å². The zero-order chi connectivity index (χ0) is 15.3. The van der Waals surface area contributed by atoms with E-state index in [-0.39, 0.29) is 5.57 Å². The van der Waals surface area contributed by atoms with Gasteiger partial charge in [0.15, 0.2) is 0 Å². The quantitative estimate of drug-likeness (QED) is 0.836. The van der Waals surface area contributed by atoms with Gasteiger partial charge >= 0.3 is 6.18 Å². The first-order valence-electron chi connectivity index (χ1n) is 5.97. The minimum Gasteiger partial charge on any atom is -0.394 e. The molecule has 0 radical (unpaired) electrons. The van der Waals surface area contributed by atoms with Crippen molar-refractivity contribution in [2.24, 2.45) is 0 Å². The summed E-state index contributed by atoms with van der Waals surface area (Å²) in [7, 11) is 0. The molecular weight excluding hydrogens is 271 g/mol. The molecule has 0 saturated carbocycles. The van der Waals surface area contributed by atoms with Crippen molar-refractivity contribution in [1.29, 1.82) is 0 Å². The van der Waals surface area contributed by atoms with Gasteiger partial charge in [-0.25, -0.2) is 0 Å². The molecule has 0 saturated heterocycles. The van der Waals surface area contributed by atoms with Crippen LogP contribution in [0.4, 0.5) is 13.2 Å². The molecule has 3 nitrogen and oxygen atoms in total. The summed E-state index contributed by atoms with van der Waals surface area (Å²) < 4.78 is 37.3. The number of rotatable bonds is 4. The molecule has 20 heavy (non-hydrogen) atoms. The second-order valence-corrected chi connectivity index (χ2v) is 4.49. The predicted octanol–water partition coefficient (Wildman–Crippen LogP) is 2.44. The molecule has 0 aromatic heterocycles. The molecule has 0 aliphatic carbocycles. The third kappa shape index (κ3) is 4.70. The highest BCUT2D eigenvalue weighted by Crippen LogP contribution is 2.20. The van der Waals surface area contributed by atoms with E-state index in [1.165, 1.54) is 13.0 Å². The van der Waals surface area contributed by atoms with Gasteiger partial charge in [-0.2, -0.15) is 13.2 Å². The summed E-state index contributed by atoms with van der Waals surface area (Å²) in [5.74, 6) is -0.859. The summed E-state index contributed by atoms with van der Waals surface area (Å²) in [6.45, 7) is 2.13. The molecule has 110 valence electrons. The van der Waals surface area contributed by atoms with E-state index in [1.54, 1.807) is 17.4 Å². The number of carbonyl (C=O) groups is 1. The number of amides is 1. The first kappa shape index (κ1) is 16.2. The number of hydrogen-bond donors (Lipinski definition) is 2. The van der Waals surface area contributed by atoms with Crippen molar-refractivity contribution in [3.63, 3.8) is 0 Å². The van der Waals surface area contributed by atoms with E-state index in [0.29, 0.717) is 0 Å². The third-order valence-corrected chi connectivity index (χ3v) is 2.70. The number of alkyl halides is 3. The Balaban J connectivity index is 2.78. The summed E-state index contributed by atoms with van der Waals surface area (Å²) in [4.78, 5) is 11.6. The van der Waals surface area contributed by atoms with Gasteiger partial charge in [0, 0.05) is 5.57 Å². The van der Waals surface area contributed by atoms with Gasteiger partial charge in [0.05, 0.1) is 6.61 Å². The molecule has 1 atom stereocenters. The van der Waals surface area contributed by atoms with Gasteiger partial charge in [-0.15, -0.1) is 0 Å². The van der Waals surface area contributed by atoms with E-state index in [4.69, 9.17) is 5.11 Å². The van der Waals surface area contributed by atoms with Gasteiger partial charge in [-0.05, 0) is 25.5 Å². The molecule has 1 rings (SSSR count). The van der Waals surface area contributed by atoms with Crippen LogP contribution in [0.3, 0.4) is 0 Å². The minimum atomic E-state index is -4.67. The number of carbonyl (C=O) groups excluding carboxylic acids is 1. The highest BCUT2D eigenvalue weighted by molar-refractivity contribution is 5.97. The summed E-state index contributed by atoms with van der Waals surface area (Å²) in [5.41, 5.74) is 1.90. The van der Waals surface area contributed by atoms with Gasteiger partial charge in [0.25, 0.3) is 0 Å². The summed E-state index contributed by atoms with van der Waals surface area (Å²) >= 11 is 0. The van der Waals surface area contributed by atoms with Gasteiger partial charge in [0.1, 0.15) is 6.04 Å². The fourth-order valence-electron chi connectivity index (χ4n) is 1.48. The Kier molecular flexibility index (Phi) is 5.33. The van der Waals surface area contributed by atoms with Gasteiger partial charge < -0.3 is 10.4 Å². The van der Waals surface area contributed by atoms with Crippen molar-refractivity contribution in [3.8, 4) is 0 Å². The Bertz CT molecular complexity index is 492. The van der Waals surface area contributed by atoms with Crippen LogP contribution >= 0.6 is 0 Å². The Morgan fingerprint density at radius 2 is 1.90 bits per heavy atom. The molecular formula is C14H16F3NO2. The van der Waals surface area contributed by atoms with Gasteiger partial charge in [-0.3, -0.25) is 4.79 Å². The van der Waals surface area contributed by atoms with Crippen LogP contribution in [0, 0.1) is 6.92 Å². The van der Waals surface area contributed by atoms with Crippen LogP contribution in [-0.2, 0) is 4.79 Å². The SMILES string of the molecule is C/C(=C/c1ccc(C)cc1)C(=O)N[C@@H](CO)C(F)(F)F. The number of aliphatic hydroxyl groups excluding tert-OH is 1. The van der Waals surface area contributed by atoms with E-state index in [9.17, 15) is 18.0 Å². The molecule has 6 heteroatoms. The average molecular weight is 287 g/mol. The number of nitrogens with one attached hydrogen (secondary N) is 1. The molecule has 0 spiro atoms. The molecule has 0 aliphatic rings. The van der Waals surface area contributed by atoms with Crippen molar-refractivity contribution in [1.82, 2.24) is 5.32 Å². The maximum atomic E-state index is 12.4. The second kappa shape index (κ2) is 6.56. The monoisotopic (exact) mass is 287 g/mol. The fraction of sp³-hybridized carbons (Fsp3) is 0.357. The van der Waals surface area contributed by atoms with E-state index in [2.05, 4.69) is 0 Å². The van der Waals surface area contributed by atoms with Crippen molar-refractivity contribution in [3.05, 3.63) is 41.0 Å². The normalized spacial score (nSPS) is 14.0. The topological polar surface area (TPSA) is 49.3 Å². The fourth-order valence-corrected chi connectivity index (χ4v) is 1.48. The first-order chi connectivity index (χ1) is 9.24. The zero-order valence-corrected chi connectivity index (χ0v) is 11.2. The highest BCUT2D eigenvalue weighted by Gasteiger charge is 2.40. The van der Waals surface area contributed by atoms with Crippen LogP contribution in [0.2, 0.25) is 0 Å². The van der Waals surface area contributed by atoms with Gasteiger partial charge in [0.2, 0.25) is 5.91 Å². The summed E-state index contributed by atoms with van der Waals surface area (Å²) in [6, 6.07) is 4.95. The number of aliphatic hydroxyl groups is 1. The molecule has 1 aromatic carbocycles. The smallest absolute Gasteiger partial charge is 0.394 e. The molecule has 0 unspecified atom stereocenters. The molecule has 0 bridgehead atoms. The van der Waals surface area contributed by atoms with Crippen LogP contribution in [-0.4, -0.2) is 29.8 Å². The first-order valence-corrected chi connectivity index (χ1v) is 5.97. The molecule has 1 aromatic rings. The molecule has 2 N–H and O–H groups in total. The maximum Gasteiger partial charge on any atom is 0.410 e. The van der Waals surface area contributed by atoms with Crippen LogP contribution in [0.25, 0.3) is 6.08 Å². The molecule has 0 fully saturated rings. The van der Waals surface area contributed by atoms with Crippen molar-refractivity contribution in [2.75, 3.05) is 6.61 Å². The standard InChI is InChI=1S/C14H16F3NO2/c1-9-3-5-11(6-4-9)7-10(2)13(20)18-12(8-19)14(15,16)17/h3-7,12,19H,8H2,1-2H3,(H,18,20)/b10-7-/t12-/m0/s1. The maximum absolute atomic E-state index is 12.4. The van der Waals surface area contributed by atoms with Crippen molar-refractivity contribution >= 4 is 12.0 Å². The highest BCUT2D eigenvalue weighted by atomic mass is 19.4. The van der Waals surface area contributed by atoms with Crippen molar-refractivity contribution < 1.29 is 23.1 Å². The lowest BCUT2D eigenvalue weighted by molar-refractivity contribution is -0.167. The Morgan fingerprint density at radius 3 is 2.35 bits per heavy atom. The largest absolute Gasteiger partial charge is 0.410 e. The lowest BCUT2D eigenvalue weighted by Crippen LogP contribution is -2.48. The summed E-state index contributed by atoms with van der Waals surface area (Å²) in [5, 5.41) is 10.4. The number of halogens is 3. The average Bonchev–Trinajstić information content (AvgIpc) is 2.36. The molecule has 1 amide bonds.